The van der Waals surface area contributed by atoms with Crippen molar-refractivity contribution >= 4 is 17.5 Å². The van der Waals surface area contributed by atoms with Crippen LogP contribution in [0.25, 0.3) is 0 Å². The first-order valence-electron chi connectivity index (χ1n) is 5.90. The van der Waals surface area contributed by atoms with Gasteiger partial charge in [0.05, 0.1) is 11.4 Å². The number of carbonyl (C=O) groups excluding carboxylic acids is 1. The Bertz CT molecular complexity index is 245. The molecule has 2 aliphatic rings. The summed E-state index contributed by atoms with van der Waals surface area (Å²) in [5.74, 6) is 2.38. The number of Topliss-reactive ketones (excluding diaryl/α,β-unsaturated/α-hetero) is 1. The molecular formula is C12H21NOS. The van der Waals surface area contributed by atoms with Crippen molar-refractivity contribution in [1.82, 2.24) is 5.32 Å². The maximum atomic E-state index is 12.1. The number of thioether (sulfide) groups is 1. The lowest BCUT2D eigenvalue weighted by Crippen LogP contribution is -2.41. The van der Waals surface area contributed by atoms with Gasteiger partial charge in [0.1, 0.15) is 0 Å². The lowest BCUT2D eigenvalue weighted by Gasteiger charge is -2.24. The van der Waals surface area contributed by atoms with Crippen molar-refractivity contribution in [2.45, 2.75) is 51.4 Å². The largest absolute Gasteiger partial charge is 0.297 e. The molecule has 0 aliphatic carbocycles. The van der Waals surface area contributed by atoms with E-state index in [1.807, 2.05) is 32.5 Å². The van der Waals surface area contributed by atoms with Gasteiger partial charge < -0.3 is 0 Å². The molecule has 2 nitrogen and oxygen atoms in total. The van der Waals surface area contributed by atoms with E-state index in [0.29, 0.717) is 11.2 Å². The van der Waals surface area contributed by atoms with Crippen molar-refractivity contribution in [2.24, 2.45) is 11.3 Å². The zero-order valence-corrected chi connectivity index (χ0v) is 10.7. The Morgan fingerprint density at radius 2 is 2.13 bits per heavy atom. The predicted octanol–water partition coefficient (Wildman–Crippen LogP) is 2.43. The number of carbonyl (C=O) groups is 1. The molecule has 3 atom stereocenters. The van der Waals surface area contributed by atoms with Crippen LogP contribution in [0.3, 0.4) is 0 Å². The summed E-state index contributed by atoms with van der Waals surface area (Å²) in [4.78, 5) is 12.1. The summed E-state index contributed by atoms with van der Waals surface area (Å²) in [6, 6.07) is 0.116. The van der Waals surface area contributed by atoms with Crippen LogP contribution in [-0.4, -0.2) is 23.0 Å². The summed E-state index contributed by atoms with van der Waals surface area (Å²) < 4.78 is 0. The smallest absolute Gasteiger partial charge is 0.155 e. The molecule has 86 valence electrons. The van der Waals surface area contributed by atoms with E-state index in [-0.39, 0.29) is 11.5 Å². The summed E-state index contributed by atoms with van der Waals surface area (Å²) in [5, 5.41) is 4.06. The topological polar surface area (TPSA) is 29.1 Å². The Morgan fingerprint density at radius 3 is 2.73 bits per heavy atom. The van der Waals surface area contributed by atoms with Gasteiger partial charge in [0.25, 0.3) is 0 Å². The Balaban J connectivity index is 2.00. The van der Waals surface area contributed by atoms with Crippen molar-refractivity contribution in [3.63, 3.8) is 0 Å². The van der Waals surface area contributed by atoms with E-state index in [0.717, 1.165) is 12.3 Å². The van der Waals surface area contributed by atoms with Crippen molar-refractivity contribution in [3.8, 4) is 0 Å². The monoisotopic (exact) mass is 227 g/mol. The number of hydrogen-bond acceptors (Lipinski definition) is 3. The van der Waals surface area contributed by atoms with E-state index in [4.69, 9.17) is 0 Å². The highest BCUT2D eigenvalue weighted by Gasteiger charge is 2.41. The summed E-state index contributed by atoms with van der Waals surface area (Å²) >= 11 is 2.00. The van der Waals surface area contributed by atoms with Crippen LogP contribution in [0.2, 0.25) is 0 Å². The maximum absolute atomic E-state index is 12.1. The van der Waals surface area contributed by atoms with Gasteiger partial charge in [0, 0.05) is 5.41 Å². The van der Waals surface area contributed by atoms with Crippen LogP contribution in [0.4, 0.5) is 0 Å². The average Bonchev–Trinajstić information content (AvgIpc) is 2.58. The minimum atomic E-state index is -0.199. The maximum Gasteiger partial charge on any atom is 0.155 e. The SMILES string of the molecule is CC(C)(C)C(=O)C1CC2CCCSC2N1. The molecule has 0 spiro atoms. The molecule has 0 amide bonds. The van der Waals surface area contributed by atoms with Crippen molar-refractivity contribution in [2.75, 3.05) is 5.75 Å². The molecule has 0 aromatic rings. The second-order valence-electron chi connectivity index (χ2n) is 5.76. The quantitative estimate of drug-likeness (QED) is 0.746. The van der Waals surface area contributed by atoms with Gasteiger partial charge >= 0.3 is 0 Å². The molecule has 0 bridgehead atoms. The van der Waals surface area contributed by atoms with Gasteiger partial charge in [-0.05, 0) is 30.9 Å². The minimum Gasteiger partial charge on any atom is -0.297 e. The molecule has 3 heteroatoms. The van der Waals surface area contributed by atoms with Crippen molar-refractivity contribution < 1.29 is 4.79 Å². The molecule has 2 heterocycles. The van der Waals surface area contributed by atoms with Crippen molar-refractivity contribution in [1.29, 1.82) is 0 Å². The highest BCUT2D eigenvalue weighted by molar-refractivity contribution is 7.99. The third kappa shape index (κ3) is 2.39. The van der Waals surface area contributed by atoms with Crippen LogP contribution in [0.15, 0.2) is 0 Å². The highest BCUT2D eigenvalue weighted by Crippen LogP contribution is 2.38. The van der Waals surface area contributed by atoms with Gasteiger partial charge in [-0.25, -0.2) is 0 Å². The molecule has 2 fully saturated rings. The molecule has 0 aromatic carbocycles. The fourth-order valence-electron chi connectivity index (χ4n) is 2.54. The van der Waals surface area contributed by atoms with Gasteiger partial charge in [-0.15, -0.1) is 11.8 Å². The Kier molecular flexibility index (Phi) is 3.13. The number of nitrogens with one attached hydrogen (secondary N) is 1. The number of rotatable bonds is 1. The minimum absolute atomic E-state index is 0.116. The summed E-state index contributed by atoms with van der Waals surface area (Å²) in [7, 11) is 0. The Morgan fingerprint density at radius 1 is 1.40 bits per heavy atom. The van der Waals surface area contributed by atoms with E-state index in [9.17, 15) is 4.79 Å². The molecule has 0 radical (unpaired) electrons. The zero-order chi connectivity index (χ0) is 11.1. The number of ketones is 1. The second-order valence-corrected chi connectivity index (χ2v) is 7.01. The molecule has 0 aromatic heterocycles. The van der Waals surface area contributed by atoms with Gasteiger partial charge in [0.15, 0.2) is 5.78 Å². The third-order valence-electron chi connectivity index (χ3n) is 3.40. The normalized spacial score (nSPS) is 36.3. The molecule has 15 heavy (non-hydrogen) atoms. The lowest BCUT2D eigenvalue weighted by molar-refractivity contribution is -0.128. The molecule has 1 N–H and O–H groups in total. The van der Waals surface area contributed by atoms with E-state index >= 15 is 0 Å². The first-order chi connectivity index (χ1) is 6.98. The number of hydrogen-bond donors (Lipinski definition) is 1. The van der Waals surface area contributed by atoms with Gasteiger partial charge in [-0.3, -0.25) is 10.1 Å². The third-order valence-corrected chi connectivity index (χ3v) is 4.81. The first kappa shape index (κ1) is 11.5. The van der Waals surface area contributed by atoms with Crippen LogP contribution in [-0.2, 0) is 4.79 Å². The first-order valence-corrected chi connectivity index (χ1v) is 6.95. The highest BCUT2D eigenvalue weighted by atomic mass is 32.2. The predicted molar refractivity (Wildman–Crippen MR) is 65.0 cm³/mol. The van der Waals surface area contributed by atoms with Crippen LogP contribution < -0.4 is 5.32 Å². The van der Waals surface area contributed by atoms with E-state index in [2.05, 4.69) is 5.32 Å². The average molecular weight is 227 g/mol. The Labute approximate surface area is 96.6 Å². The summed E-state index contributed by atoms with van der Waals surface area (Å²) in [6.07, 6.45) is 3.69. The molecule has 0 saturated carbocycles. The van der Waals surface area contributed by atoms with E-state index in [1.54, 1.807) is 0 Å². The molecule has 2 aliphatic heterocycles. The fraction of sp³-hybridized carbons (Fsp3) is 0.917. The molecule has 2 rings (SSSR count). The molecular weight excluding hydrogens is 206 g/mol. The van der Waals surface area contributed by atoms with Crippen molar-refractivity contribution in [3.05, 3.63) is 0 Å². The van der Waals surface area contributed by atoms with Crippen LogP contribution >= 0.6 is 11.8 Å². The summed E-state index contributed by atoms with van der Waals surface area (Å²) in [6.45, 7) is 6.06. The van der Waals surface area contributed by atoms with Gasteiger partial charge in [0.2, 0.25) is 0 Å². The zero-order valence-electron chi connectivity index (χ0n) is 9.88. The standard InChI is InChI=1S/C12H21NOS/c1-12(2,3)10(14)9-7-8-5-4-6-15-11(8)13-9/h8-9,11,13H,4-7H2,1-3H3. The molecule has 3 unspecified atom stereocenters. The van der Waals surface area contributed by atoms with Crippen LogP contribution in [0.5, 0.6) is 0 Å². The fourth-order valence-corrected chi connectivity index (χ4v) is 3.91. The summed E-state index contributed by atoms with van der Waals surface area (Å²) in [5.41, 5.74) is -0.199. The van der Waals surface area contributed by atoms with E-state index in [1.165, 1.54) is 18.6 Å². The van der Waals surface area contributed by atoms with Crippen LogP contribution in [0.1, 0.15) is 40.0 Å². The van der Waals surface area contributed by atoms with Gasteiger partial charge in [-0.2, -0.15) is 0 Å². The lowest BCUT2D eigenvalue weighted by atomic mass is 9.84. The number of fused-ring (bicyclic) bond motifs is 1. The Hall–Kier alpha value is -0.0200. The van der Waals surface area contributed by atoms with Crippen LogP contribution in [0, 0.1) is 11.3 Å². The van der Waals surface area contributed by atoms with Gasteiger partial charge in [-0.1, -0.05) is 20.8 Å². The second kappa shape index (κ2) is 4.10. The van der Waals surface area contributed by atoms with E-state index < -0.39 is 0 Å². The molecule has 2 saturated heterocycles.